The maximum Gasteiger partial charge on any atom is 0.452 e. The fraction of sp³-hybridized carbons (Fsp3) is 0.400. The van der Waals surface area contributed by atoms with Crippen molar-refractivity contribution in [3.05, 3.63) is 54.2 Å². The Morgan fingerprint density at radius 3 is 2.78 bits per heavy atom. The summed E-state index contributed by atoms with van der Waals surface area (Å²) in [5.41, 5.74) is 8.10. The molecule has 2 rings (SSSR count). The monoisotopic (exact) mass is 369 g/mol. The van der Waals surface area contributed by atoms with Gasteiger partial charge in [-0.05, 0) is 12.0 Å². The largest absolute Gasteiger partial charge is 0.452 e. The Morgan fingerprint density at radius 1 is 1.30 bits per heavy atom. The van der Waals surface area contributed by atoms with E-state index in [1.807, 2.05) is 30.3 Å². The summed E-state index contributed by atoms with van der Waals surface area (Å²) in [6, 6.07) is 9.39. The second-order valence-electron chi connectivity index (χ2n) is 6.20. The number of azo groups is 1. The lowest BCUT2D eigenvalue weighted by Gasteiger charge is -2.03. The lowest BCUT2D eigenvalue weighted by atomic mass is 10.2. The molecule has 2 N–H and O–H groups in total. The van der Waals surface area contributed by atoms with Crippen LogP contribution in [0, 0.1) is 0 Å². The average molecular weight is 369 g/mol. The zero-order valence-electron chi connectivity index (χ0n) is 15.8. The smallest absolute Gasteiger partial charge is 0.442 e. The van der Waals surface area contributed by atoms with E-state index in [1.54, 1.807) is 10.8 Å². The van der Waals surface area contributed by atoms with Gasteiger partial charge in [0.15, 0.2) is 5.69 Å². The van der Waals surface area contributed by atoms with Crippen LogP contribution in [-0.4, -0.2) is 15.9 Å². The second-order valence-corrected chi connectivity index (χ2v) is 6.20. The van der Waals surface area contributed by atoms with Gasteiger partial charge in [0.2, 0.25) is 0 Å². The van der Waals surface area contributed by atoms with Crippen molar-refractivity contribution < 1.29 is 9.53 Å². The van der Waals surface area contributed by atoms with Crippen molar-refractivity contribution in [2.24, 2.45) is 10.2 Å². The first-order valence-electron chi connectivity index (χ1n) is 9.24. The van der Waals surface area contributed by atoms with Crippen LogP contribution in [0.4, 0.5) is 16.3 Å². The molecule has 0 fully saturated rings. The molecule has 1 heterocycles. The molecule has 1 aromatic heterocycles. The van der Waals surface area contributed by atoms with Crippen LogP contribution in [0.15, 0.2) is 53.2 Å². The number of aryl methyl sites for hydroxylation is 1. The second kappa shape index (κ2) is 10.9. The van der Waals surface area contributed by atoms with E-state index in [0.717, 1.165) is 18.4 Å². The highest BCUT2D eigenvalue weighted by Gasteiger charge is 2.15. The van der Waals surface area contributed by atoms with Gasteiger partial charge in [-0.15, -0.1) is 11.7 Å². The highest BCUT2D eigenvalue weighted by Crippen LogP contribution is 2.28. The van der Waals surface area contributed by atoms with Crippen LogP contribution in [-0.2, 0) is 24.3 Å². The summed E-state index contributed by atoms with van der Waals surface area (Å²) in [5, 5.41) is 12.1. The van der Waals surface area contributed by atoms with Gasteiger partial charge >= 0.3 is 6.09 Å². The van der Waals surface area contributed by atoms with Gasteiger partial charge in [0.25, 0.3) is 0 Å². The molecule has 7 heteroatoms. The molecule has 27 heavy (non-hydrogen) atoms. The number of benzene rings is 1. The van der Waals surface area contributed by atoms with Gasteiger partial charge in [-0.1, -0.05) is 67.7 Å². The number of hydrogen-bond donors (Lipinski definition) is 1. The van der Waals surface area contributed by atoms with Crippen molar-refractivity contribution in [2.45, 2.75) is 52.2 Å². The van der Waals surface area contributed by atoms with Crippen molar-refractivity contribution >= 4 is 17.6 Å². The molecular weight excluding hydrogens is 342 g/mol. The van der Waals surface area contributed by atoms with E-state index in [4.69, 9.17) is 10.5 Å². The summed E-state index contributed by atoms with van der Waals surface area (Å²) in [6.07, 6.45) is 5.91. The maximum absolute atomic E-state index is 11.9. The molecule has 0 aliphatic carbocycles. The minimum absolute atomic E-state index is 0.143. The van der Waals surface area contributed by atoms with Crippen molar-refractivity contribution in [1.29, 1.82) is 0 Å². The molecule has 0 unspecified atom stereocenters. The van der Waals surface area contributed by atoms with Gasteiger partial charge in [0.1, 0.15) is 12.4 Å². The molecule has 0 saturated carbocycles. The maximum atomic E-state index is 11.9. The predicted molar refractivity (Wildman–Crippen MR) is 106 cm³/mol. The van der Waals surface area contributed by atoms with Gasteiger partial charge in [-0.3, -0.25) is 0 Å². The van der Waals surface area contributed by atoms with Crippen LogP contribution in [0.25, 0.3) is 0 Å². The molecule has 1 aromatic carbocycles. The van der Waals surface area contributed by atoms with Crippen LogP contribution in [0.3, 0.4) is 0 Å². The lowest BCUT2D eigenvalue weighted by Crippen LogP contribution is -2.05. The average Bonchev–Trinajstić information content (AvgIpc) is 2.98. The quantitative estimate of drug-likeness (QED) is 0.354. The van der Waals surface area contributed by atoms with Gasteiger partial charge in [0, 0.05) is 13.0 Å². The van der Waals surface area contributed by atoms with Crippen LogP contribution < -0.4 is 5.73 Å². The summed E-state index contributed by atoms with van der Waals surface area (Å²) in [6.45, 7) is 6.75. The Balaban J connectivity index is 2.01. The molecule has 0 bridgehead atoms. The number of carbonyl (C=O) groups excluding carboxylic acids is 1. The van der Waals surface area contributed by atoms with Gasteiger partial charge < -0.3 is 10.5 Å². The summed E-state index contributed by atoms with van der Waals surface area (Å²) < 4.78 is 6.82. The highest BCUT2D eigenvalue weighted by atomic mass is 16.5. The highest BCUT2D eigenvalue weighted by molar-refractivity contribution is 5.69. The molecule has 144 valence electrons. The molecule has 0 aliphatic heterocycles. The Labute approximate surface area is 159 Å². The zero-order chi connectivity index (χ0) is 19.5. The summed E-state index contributed by atoms with van der Waals surface area (Å²) >= 11 is 0. The van der Waals surface area contributed by atoms with E-state index in [0.29, 0.717) is 30.2 Å². The number of nitrogens with zero attached hydrogens (tertiary/aromatic N) is 4. The number of allylic oxidation sites excluding steroid dienone is 1. The number of aromatic nitrogens is 2. The summed E-state index contributed by atoms with van der Waals surface area (Å²) in [7, 11) is 0. The zero-order valence-corrected chi connectivity index (χ0v) is 15.8. The molecule has 7 nitrogen and oxygen atoms in total. The Morgan fingerprint density at radius 2 is 2.07 bits per heavy atom. The number of nitrogen functional groups attached to an aromatic ring is 1. The molecular formula is C20H27N5O2. The molecule has 0 radical (unpaired) electrons. The minimum atomic E-state index is -0.765. The SMILES string of the molecule is C=CCc1nn(CCCCCC)c(N)c1N=NC(=O)OCc1ccccc1. The van der Waals surface area contributed by atoms with Crippen molar-refractivity contribution in [2.75, 3.05) is 5.73 Å². The van der Waals surface area contributed by atoms with E-state index in [2.05, 4.69) is 28.8 Å². The molecule has 2 aromatic rings. The first-order valence-corrected chi connectivity index (χ1v) is 9.24. The third kappa shape index (κ3) is 6.36. The van der Waals surface area contributed by atoms with Crippen molar-refractivity contribution in [3.8, 4) is 0 Å². The number of rotatable bonds is 10. The third-order valence-corrected chi connectivity index (χ3v) is 4.03. The number of anilines is 1. The number of carbonyl (C=O) groups is 1. The van der Waals surface area contributed by atoms with Crippen molar-refractivity contribution in [3.63, 3.8) is 0 Å². The molecule has 0 aliphatic rings. The van der Waals surface area contributed by atoms with E-state index < -0.39 is 6.09 Å². The van der Waals surface area contributed by atoms with Crippen LogP contribution in [0.2, 0.25) is 0 Å². The number of hydrogen-bond acceptors (Lipinski definition) is 5. The van der Waals surface area contributed by atoms with Gasteiger partial charge in [-0.2, -0.15) is 5.10 Å². The molecule has 0 saturated heterocycles. The number of amides is 1. The van der Waals surface area contributed by atoms with E-state index >= 15 is 0 Å². The normalized spacial score (nSPS) is 11.0. The van der Waals surface area contributed by atoms with E-state index in [9.17, 15) is 4.79 Å². The summed E-state index contributed by atoms with van der Waals surface area (Å²) in [5.74, 6) is 0.406. The standard InChI is InChI=1S/C20H27N5O2/c1-3-5-6-10-14-25-19(21)18(17(24-25)11-4-2)22-23-20(26)27-15-16-12-8-7-9-13-16/h4,7-9,12-13H,2-3,5-6,10-11,14-15,21H2,1H3. The number of ether oxygens (including phenoxy) is 1. The van der Waals surface area contributed by atoms with E-state index in [1.165, 1.54) is 12.8 Å². The Hall–Kier alpha value is -2.96. The van der Waals surface area contributed by atoms with Crippen LogP contribution in [0.5, 0.6) is 0 Å². The number of unbranched alkanes of at least 4 members (excludes halogenated alkanes) is 3. The predicted octanol–water partition coefficient (Wildman–Crippen LogP) is 5.19. The topological polar surface area (TPSA) is 94.9 Å². The Bertz CT molecular complexity index is 768. The van der Waals surface area contributed by atoms with Gasteiger partial charge in [-0.25, -0.2) is 9.48 Å². The fourth-order valence-corrected chi connectivity index (χ4v) is 2.60. The Kier molecular flexibility index (Phi) is 8.22. The van der Waals surface area contributed by atoms with Crippen LogP contribution in [0.1, 0.15) is 43.9 Å². The van der Waals surface area contributed by atoms with Crippen LogP contribution >= 0.6 is 0 Å². The van der Waals surface area contributed by atoms with E-state index in [-0.39, 0.29) is 6.61 Å². The minimum Gasteiger partial charge on any atom is -0.442 e. The van der Waals surface area contributed by atoms with Crippen molar-refractivity contribution in [1.82, 2.24) is 9.78 Å². The fourth-order valence-electron chi connectivity index (χ4n) is 2.60. The number of nitrogens with two attached hydrogens (primary N) is 1. The molecule has 0 atom stereocenters. The lowest BCUT2D eigenvalue weighted by molar-refractivity contribution is 0.149. The third-order valence-electron chi connectivity index (χ3n) is 4.03. The molecule has 1 amide bonds. The first-order chi connectivity index (χ1) is 13.2. The first kappa shape index (κ1) is 20.4. The summed E-state index contributed by atoms with van der Waals surface area (Å²) in [4.78, 5) is 11.9. The van der Waals surface area contributed by atoms with Gasteiger partial charge in [0.05, 0.1) is 5.69 Å². The molecule has 0 spiro atoms.